The van der Waals surface area contributed by atoms with Gasteiger partial charge in [-0.15, -0.1) is 0 Å². The lowest BCUT2D eigenvalue weighted by Crippen LogP contribution is -2.46. The van der Waals surface area contributed by atoms with E-state index in [1.165, 1.54) is 24.3 Å². The first-order chi connectivity index (χ1) is 9.79. The van der Waals surface area contributed by atoms with E-state index >= 15 is 0 Å². The van der Waals surface area contributed by atoms with Crippen LogP contribution in [-0.4, -0.2) is 34.6 Å². The molecule has 3 rings (SSSR count). The van der Waals surface area contributed by atoms with Crippen molar-refractivity contribution < 1.29 is 0 Å². The number of nitrogens with one attached hydrogen (secondary N) is 1. The maximum Gasteiger partial charge on any atom is 0.0317 e. The lowest BCUT2D eigenvalue weighted by molar-refractivity contribution is 0.412. The number of fused-ring (bicyclic) bond motifs is 1. The van der Waals surface area contributed by atoms with Gasteiger partial charge in [0.25, 0.3) is 0 Å². The molecule has 1 heterocycles. The highest BCUT2D eigenvalue weighted by molar-refractivity contribution is 8.07. The fourth-order valence-electron chi connectivity index (χ4n) is 3.57. The molecule has 1 aromatic carbocycles. The van der Waals surface area contributed by atoms with Gasteiger partial charge in [-0.1, -0.05) is 38.1 Å². The Labute approximate surface area is 131 Å². The standard InChI is InChI=1S/C17H25NS2/c1-3-18-16(17-12(2)19-8-9-20-17)11-14-10-13-6-4-5-7-15(13)14/h4-7,12,14,16-18H,3,8-11H2,1-2H3. The average Bonchev–Trinajstić information content (AvgIpc) is 2.44. The van der Waals surface area contributed by atoms with E-state index in [-0.39, 0.29) is 0 Å². The number of benzene rings is 1. The van der Waals surface area contributed by atoms with Crippen molar-refractivity contribution in [3.63, 3.8) is 0 Å². The van der Waals surface area contributed by atoms with Crippen molar-refractivity contribution in [3.8, 4) is 0 Å². The molecule has 1 aromatic rings. The van der Waals surface area contributed by atoms with Gasteiger partial charge in [-0.3, -0.25) is 0 Å². The minimum absolute atomic E-state index is 0.672. The Kier molecular flexibility index (Phi) is 5.00. The first-order valence-corrected chi connectivity index (χ1v) is 9.93. The largest absolute Gasteiger partial charge is 0.313 e. The summed E-state index contributed by atoms with van der Waals surface area (Å²) in [5.41, 5.74) is 3.18. The SMILES string of the molecule is CCNC(CC1Cc2ccccc21)C1SCCSC1C. The Bertz CT molecular complexity index is 448. The van der Waals surface area contributed by atoms with E-state index in [9.17, 15) is 0 Å². The maximum atomic E-state index is 3.78. The first kappa shape index (κ1) is 14.8. The van der Waals surface area contributed by atoms with Gasteiger partial charge in [0.2, 0.25) is 0 Å². The van der Waals surface area contributed by atoms with Crippen LogP contribution in [0.3, 0.4) is 0 Å². The van der Waals surface area contributed by atoms with Gasteiger partial charge in [0.1, 0.15) is 0 Å². The minimum atomic E-state index is 0.672. The van der Waals surface area contributed by atoms with Crippen LogP contribution >= 0.6 is 23.5 Å². The summed E-state index contributed by atoms with van der Waals surface area (Å²) < 4.78 is 0. The second-order valence-corrected chi connectivity index (χ2v) is 8.68. The Hall–Kier alpha value is -0.120. The summed E-state index contributed by atoms with van der Waals surface area (Å²) in [7, 11) is 0. The molecule has 0 spiro atoms. The molecular formula is C17H25NS2. The number of thioether (sulfide) groups is 2. The summed E-state index contributed by atoms with van der Waals surface area (Å²) in [5.74, 6) is 3.44. The molecule has 0 saturated carbocycles. The van der Waals surface area contributed by atoms with Crippen LogP contribution in [0, 0.1) is 0 Å². The van der Waals surface area contributed by atoms with Crippen molar-refractivity contribution in [2.24, 2.45) is 0 Å². The summed E-state index contributed by atoms with van der Waals surface area (Å²) >= 11 is 4.35. The second kappa shape index (κ2) is 6.76. The Morgan fingerprint density at radius 2 is 2.05 bits per heavy atom. The Balaban J connectivity index is 1.66. The molecule has 1 saturated heterocycles. The molecule has 2 aliphatic rings. The summed E-state index contributed by atoms with van der Waals surface area (Å²) in [6.45, 7) is 5.75. The topological polar surface area (TPSA) is 12.0 Å². The molecule has 1 aliphatic heterocycles. The van der Waals surface area contributed by atoms with E-state index in [1.54, 1.807) is 11.1 Å². The van der Waals surface area contributed by atoms with Crippen LogP contribution in [0.2, 0.25) is 0 Å². The fourth-order valence-corrected chi connectivity index (χ4v) is 6.54. The van der Waals surface area contributed by atoms with Crippen LogP contribution in [0.5, 0.6) is 0 Å². The van der Waals surface area contributed by atoms with Crippen molar-refractivity contribution >= 4 is 23.5 Å². The van der Waals surface area contributed by atoms with Gasteiger partial charge >= 0.3 is 0 Å². The van der Waals surface area contributed by atoms with Gasteiger partial charge < -0.3 is 5.32 Å². The molecule has 0 radical (unpaired) electrons. The second-order valence-electron chi connectivity index (χ2n) is 5.91. The van der Waals surface area contributed by atoms with E-state index in [1.807, 2.05) is 0 Å². The predicted octanol–water partition coefficient (Wildman–Crippen LogP) is 3.93. The summed E-state index contributed by atoms with van der Waals surface area (Å²) in [6.07, 6.45) is 2.60. The molecule has 4 atom stereocenters. The van der Waals surface area contributed by atoms with Crippen LogP contribution < -0.4 is 5.32 Å². The minimum Gasteiger partial charge on any atom is -0.313 e. The highest BCUT2D eigenvalue weighted by Gasteiger charge is 2.34. The number of rotatable bonds is 5. The van der Waals surface area contributed by atoms with Crippen molar-refractivity contribution in [2.75, 3.05) is 18.1 Å². The molecular weight excluding hydrogens is 282 g/mol. The van der Waals surface area contributed by atoms with E-state index in [0.717, 1.165) is 23.0 Å². The van der Waals surface area contributed by atoms with Crippen molar-refractivity contribution in [1.29, 1.82) is 0 Å². The summed E-state index contributed by atoms with van der Waals surface area (Å²) in [6, 6.07) is 9.67. The molecule has 110 valence electrons. The van der Waals surface area contributed by atoms with Gasteiger partial charge in [-0.25, -0.2) is 0 Å². The van der Waals surface area contributed by atoms with Crippen LogP contribution in [0.15, 0.2) is 24.3 Å². The fraction of sp³-hybridized carbons (Fsp3) is 0.647. The highest BCUT2D eigenvalue weighted by Crippen LogP contribution is 2.41. The monoisotopic (exact) mass is 307 g/mol. The Morgan fingerprint density at radius 1 is 1.25 bits per heavy atom. The molecule has 4 unspecified atom stereocenters. The first-order valence-electron chi connectivity index (χ1n) is 7.84. The van der Waals surface area contributed by atoms with Crippen LogP contribution in [0.25, 0.3) is 0 Å². The molecule has 1 N–H and O–H groups in total. The van der Waals surface area contributed by atoms with Gasteiger partial charge in [0, 0.05) is 28.0 Å². The third-order valence-corrected chi connectivity index (χ3v) is 7.85. The van der Waals surface area contributed by atoms with Gasteiger partial charge in [0.15, 0.2) is 0 Å². The number of hydrogen-bond donors (Lipinski definition) is 1. The smallest absolute Gasteiger partial charge is 0.0317 e. The van der Waals surface area contributed by atoms with E-state index in [2.05, 4.69) is 67.0 Å². The van der Waals surface area contributed by atoms with E-state index in [4.69, 9.17) is 0 Å². The van der Waals surface area contributed by atoms with Crippen molar-refractivity contribution in [1.82, 2.24) is 5.32 Å². The third-order valence-electron chi connectivity index (χ3n) is 4.60. The van der Waals surface area contributed by atoms with E-state index in [0.29, 0.717) is 6.04 Å². The molecule has 1 fully saturated rings. The Morgan fingerprint density at radius 3 is 2.80 bits per heavy atom. The molecule has 20 heavy (non-hydrogen) atoms. The average molecular weight is 308 g/mol. The van der Waals surface area contributed by atoms with Gasteiger partial charge in [-0.2, -0.15) is 23.5 Å². The van der Waals surface area contributed by atoms with Gasteiger partial charge in [-0.05, 0) is 36.4 Å². The van der Waals surface area contributed by atoms with Gasteiger partial charge in [0.05, 0.1) is 0 Å². The van der Waals surface area contributed by atoms with Crippen molar-refractivity contribution in [3.05, 3.63) is 35.4 Å². The molecule has 0 aromatic heterocycles. The van der Waals surface area contributed by atoms with Crippen LogP contribution in [0.4, 0.5) is 0 Å². The molecule has 0 bridgehead atoms. The molecule has 1 nitrogen and oxygen atoms in total. The lowest BCUT2D eigenvalue weighted by Gasteiger charge is -2.39. The zero-order chi connectivity index (χ0) is 13.9. The lowest BCUT2D eigenvalue weighted by atomic mass is 9.74. The highest BCUT2D eigenvalue weighted by atomic mass is 32.2. The summed E-state index contributed by atoms with van der Waals surface area (Å²) in [4.78, 5) is 0. The maximum absolute atomic E-state index is 3.78. The van der Waals surface area contributed by atoms with Crippen LogP contribution in [-0.2, 0) is 6.42 Å². The zero-order valence-corrected chi connectivity index (χ0v) is 14.1. The quantitative estimate of drug-likeness (QED) is 0.885. The zero-order valence-electron chi connectivity index (χ0n) is 12.5. The summed E-state index contributed by atoms with van der Waals surface area (Å²) in [5, 5.41) is 5.34. The molecule has 1 aliphatic carbocycles. The predicted molar refractivity (Wildman–Crippen MR) is 93.1 cm³/mol. The van der Waals surface area contributed by atoms with Crippen LogP contribution in [0.1, 0.15) is 37.3 Å². The molecule has 3 heteroatoms. The normalized spacial score (nSPS) is 30.4. The van der Waals surface area contributed by atoms with Crippen molar-refractivity contribution in [2.45, 2.75) is 49.1 Å². The molecule has 0 amide bonds. The number of hydrogen-bond acceptors (Lipinski definition) is 3. The van der Waals surface area contributed by atoms with E-state index < -0.39 is 0 Å². The third kappa shape index (κ3) is 3.05.